The fraction of sp³-hybridized carbons (Fsp3) is 0.545. The molecule has 0 aliphatic carbocycles. The van der Waals surface area contributed by atoms with E-state index in [1.165, 1.54) is 0 Å². The minimum Gasteiger partial charge on any atom is -0.383 e. The number of halogens is 1. The highest BCUT2D eigenvalue weighted by molar-refractivity contribution is 9.10. The molecular formula is C11H15BrN2O2S. The molecule has 0 aromatic carbocycles. The highest BCUT2D eigenvalue weighted by atomic mass is 79.9. The molecule has 6 heteroatoms. The van der Waals surface area contributed by atoms with E-state index in [0.717, 1.165) is 9.35 Å². The number of hydrogen-bond donors (Lipinski definition) is 1. The number of methoxy groups -OCH3 is 1. The Hall–Kier alpha value is -0.430. The first-order valence-electron chi connectivity index (χ1n) is 5.42. The Morgan fingerprint density at radius 2 is 2.47 bits per heavy atom. The summed E-state index contributed by atoms with van der Waals surface area (Å²) in [4.78, 5) is 14.8. The Balaban J connectivity index is 2.23. The van der Waals surface area contributed by atoms with Crippen molar-refractivity contribution >= 4 is 33.2 Å². The number of likely N-dealkylation sites (tertiary alicyclic amines) is 1. The fourth-order valence-corrected chi connectivity index (χ4v) is 3.92. The van der Waals surface area contributed by atoms with Crippen LogP contribution < -0.4 is 5.73 Å². The van der Waals surface area contributed by atoms with Crippen LogP contribution in [0.5, 0.6) is 0 Å². The summed E-state index contributed by atoms with van der Waals surface area (Å²) in [7, 11) is 1.64. The van der Waals surface area contributed by atoms with E-state index in [-0.39, 0.29) is 18.0 Å². The molecule has 2 rings (SSSR count). The SMILES string of the molecule is COCCN1C(=O)CC(N)C1c1sccc1Br. The van der Waals surface area contributed by atoms with Gasteiger partial charge in [0.15, 0.2) is 0 Å². The minimum absolute atomic E-state index is 0.0213. The Labute approximate surface area is 113 Å². The standard InChI is InChI=1S/C11H15BrN2O2S/c1-16-4-3-14-9(15)6-8(13)10(14)11-7(12)2-5-17-11/h2,5,8,10H,3-4,6,13H2,1H3. The molecule has 1 aromatic rings. The maximum absolute atomic E-state index is 11.9. The molecule has 1 saturated heterocycles. The van der Waals surface area contributed by atoms with Gasteiger partial charge in [-0.2, -0.15) is 0 Å². The molecule has 17 heavy (non-hydrogen) atoms. The predicted octanol–water partition coefficient (Wildman–Crippen LogP) is 1.76. The van der Waals surface area contributed by atoms with Gasteiger partial charge in [-0.05, 0) is 27.4 Å². The predicted molar refractivity (Wildman–Crippen MR) is 70.9 cm³/mol. The van der Waals surface area contributed by atoms with Crippen molar-refractivity contribution in [2.24, 2.45) is 5.73 Å². The third-order valence-electron chi connectivity index (χ3n) is 2.92. The number of carbonyl (C=O) groups is 1. The summed E-state index contributed by atoms with van der Waals surface area (Å²) in [6, 6.07) is 1.84. The molecule has 1 aliphatic heterocycles. The molecule has 1 fully saturated rings. The molecule has 0 saturated carbocycles. The van der Waals surface area contributed by atoms with Gasteiger partial charge < -0.3 is 15.4 Å². The zero-order valence-corrected chi connectivity index (χ0v) is 12.0. The lowest BCUT2D eigenvalue weighted by atomic mass is 10.1. The van der Waals surface area contributed by atoms with E-state index in [1.54, 1.807) is 18.4 Å². The molecule has 0 bridgehead atoms. The van der Waals surface area contributed by atoms with Gasteiger partial charge in [-0.25, -0.2) is 0 Å². The van der Waals surface area contributed by atoms with Gasteiger partial charge in [-0.15, -0.1) is 11.3 Å². The van der Waals surface area contributed by atoms with Gasteiger partial charge in [0.25, 0.3) is 0 Å². The van der Waals surface area contributed by atoms with E-state index in [2.05, 4.69) is 15.9 Å². The smallest absolute Gasteiger partial charge is 0.224 e. The first-order valence-corrected chi connectivity index (χ1v) is 7.09. The maximum Gasteiger partial charge on any atom is 0.224 e. The lowest BCUT2D eigenvalue weighted by Crippen LogP contribution is -2.34. The summed E-state index contributed by atoms with van der Waals surface area (Å²) < 4.78 is 6.07. The van der Waals surface area contributed by atoms with Gasteiger partial charge in [0.2, 0.25) is 5.91 Å². The molecule has 0 radical (unpaired) electrons. The molecule has 4 nitrogen and oxygen atoms in total. The van der Waals surface area contributed by atoms with Crippen LogP contribution in [0.3, 0.4) is 0 Å². The number of ether oxygens (including phenoxy) is 1. The Morgan fingerprint density at radius 3 is 3.06 bits per heavy atom. The van der Waals surface area contributed by atoms with Crippen molar-refractivity contribution in [2.45, 2.75) is 18.5 Å². The summed E-state index contributed by atoms with van der Waals surface area (Å²) in [5.74, 6) is 0.111. The molecule has 2 N–H and O–H groups in total. The maximum atomic E-state index is 11.9. The van der Waals surface area contributed by atoms with E-state index in [9.17, 15) is 4.79 Å². The first kappa shape index (κ1) is 13.0. The second kappa shape index (κ2) is 5.48. The minimum atomic E-state index is -0.130. The van der Waals surface area contributed by atoms with Crippen LogP contribution in [0.2, 0.25) is 0 Å². The molecule has 1 aliphatic rings. The van der Waals surface area contributed by atoms with Crippen molar-refractivity contribution in [1.82, 2.24) is 4.90 Å². The lowest BCUT2D eigenvalue weighted by molar-refractivity contribution is -0.129. The van der Waals surface area contributed by atoms with Crippen LogP contribution in [0.4, 0.5) is 0 Å². The summed E-state index contributed by atoms with van der Waals surface area (Å²) >= 11 is 5.13. The average molecular weight is 319 g/mol. The monoisotopic (exact) mass is 318 g/mol. The number of amides is 1. The quantitative estimate of drug-likeness (QED) is 0.920. The molecule has 1 amide bonds. The van der Waals surface area contributed by atoms with Crippen LogP contribution in [-0.4, -0.2) is 37.1 Å². The summed E-state index contributed by atoms with van der Waals surface area (Å²) in [5.41, 5.74) is 6.07. The average Bonchev–Trinajstić information content (AvgIpc) is 2.80. The van der Waals surface area contributed by atoms with Crippen molar-refractivity contribution in [3.05, 3.63) is 20.8 Å². The molecular weight excluding hydrogens is 304 g/mol. The Kier molecular flexibility index (Phi) is 4.19. The van der Waals surface area contributed by atoms with Gasteiger partial charge in [-0.3, -0.25) is 4.79 Å². The number of thiophene rings is 1. The largest absolute Gasteiger partial charge is 0.383 e. The van der Waals surface area contributed by atoms with Gasteiger partial charge in [0.05, 0.1) is 12.6 Å². The summed E-state index contributed by atoms with van der Waals surface area (Å²) in [6.45, 7) is 1.13. The molecule has 2 heterocycles. The Morgan fingerprint density at radius 1 is 1.71 bits per heavy atom. The highest BCUT2D eigenvalue weighted by Gasteiger charge is 2.39. The zero-order valence-electron chi connectivity index (χ0n) is 9.56. The van der Waals surface area contributed by atoms with E-state index < -0.39 is 0 Å². The molecule has 94 valence electrons. The second-order valence-corrected chi connectivity index (χ2v) is 5.83. The van der Waals surface area contributed by atoms with Crippen LogP contribution in [0.15, 0.2) is 15.9 Å². The van der Waals surface area contributed by atoms with Crippen LogP contribution in [0.1, 0.15) is 17.3 Å². The van der Waals surface area contributed by atoms with Crippen LogP contribution in [0, 0.1) is 0 Å². The van der Waals surface area contributed by atoms with Crippen LogP contribution in [-0.2, 0) is 9.53 Å². The lowest BCUT2D eigenvalue weighted by Gasteiger charge is -2.26. The first-order chi connectivity index (χ1) is 8.15. The van der Waals surface area contributed by atoms with Gasteiger partial charge in [-0.1, -0.05) is 0 Å². The molecule has 1 aromatic heterocycles. The fourth-order valence-electron chi connectivity index (χ4n) is 2.12. The third-order valence-corrected chi connectivity index (χ3v) is 4.86. The van der Waals surface area contributed by atoms with E-state index >= 15 is 0 Å². The normalized spacial score (nSPS) is 24.6. The van der Waals surface area contributed by atoms with Crippen molar-refractivity contribution in [2.75, 3.05) is 20.3 Å². The van der Waals surface area contributed by atoms with Crippen molar-refractivity contribution in [1.29, 1.82) is 0 Å². The zero-order chi connectivity index (χ0) is 12.4. The van der Waals surface area contributed by atoms with Crippen LogP contribution in [0.25, 0.3) is 0 Å². The number of hydrogen-bond acceptors (Lipinski definition) is 4. The second-order valence-electron chi connectivity index (χ2n) is 4.03. The number of rotatable bonds is 4. The highest BCUT2D eigenvalue weighted by Crippen LogP contribution is 2.38. The van der Waals surface area contributed by atoms with E-state index in [4.69, 9.17) is 10.5 Å². The van der Waals surface area contributed by atoms with Gasteiger partial charge in [0, 0.05) is 35.5 Å². The van der Waals surface area contributed by atoms with Crippen molar-refractivity contribution in [3.8, 4) is 0 Å². The van der Waals surface area contributed by atoms with Crippen molar-refractivity contribution < 1.29 is 9.53 Å². The molecule has 2 unspecified atom stereocenters. The van der Waals surface area contributed by atoms with Gasteiger partial charge in [0.1, 0.15) is 0 Å². The Bertz CT molecular complexity index is 410. The number of nitrogens with two attached hydrogens (primary N) is 1. The van der Waals surface area contributed by atoms with E-state index in [1.807, 2.05) is 16.3 Å². The number of carbonyl (C=O) groups excluding carboxylic acids is 1. The molecule has 2 atom stereocenters. The van der Waals surface area contributed by atoms with Gasteiger partial charge >= 0.3 is 0 Å². The summed E-state index contributed by atoms with van der Waals surface area (Å²) in [6.07, 6.45) is 0.415. The number of nitrogens with zero attached hydrogens (tertiary/aromatic N) is 1. The molecule has 0 spiro atoms. The topological polar surface area (TPSA) is 55.6 Å². The summed E-state index contributed by atoms with van der Waals surface area (Å²) in [5, 5.41) is 2.00. The van der Waals surface area contributed by atoms with E-state index in [0.29, 0.717) is 19.6 Å². The van der Waals surface area contributed by atoms with Crippen molar-refractivity contribution in [3.63, 3.8) is 0 Å². The third kappa shape index (κ3) is 2.54. The van der Waals surface area contributed by atoms with Crippen LogP contribution >= 0.6 is 27.3 Å².